The van der Waals surface area contributed by atoms with E-state index in [9.17, 15) is 14.7 Å². The average Bonchev–Trinajstić information content (AvgIpc) is 3.27. The molecule has 0 bridgehead atoms. The van der Waals surface area contributed by atoms with Crippen molar-refractivity contribution in [2.75, 3.05) is 5.32 Å². The van der Waals surface area contributed by atoms with E-state index in [0.717, 1.165) is 35.5 Å². The SMILES string of the molecule is Cc1ccc(-c2nc3cc(C(=O)NC(Cc4ccccc4)C(=O)O)ccn3c2NC2CCCCC2)cc1. The topological polar surface area (TPSA) is 95.7 Å². The lowest BCUT2D eigenvalue weighted by Crippen LogP contribution is -2.42. The van der Waals surface area contributed by atoms with Crippen LogP contribution in [0, 0.1) is 6.92 Å². The van der Waals surface area contributed by atoms with Crippen molar-refractivity contribution in [3.8, 4) is 11.3 Å². The molecule has 7 nitrogen and oxygen atoms in total. The van der Waals surface area contributed by atoms with Gasteiger partial charge in [0, 0.05) is 29.8 Å². The molecular formula is C30H32N4O3. The van der Waals surface area contributed by atoms with E-state index in [1.165, 1.54) is 24.8 Å². The van der Waals surface area contributed by atoms with Gasteiger partial charge in [-0.15, -0.1) is 0 Å². The first-order valence-corrected chi connectivity index (χ1v) is 12.9. The van der Waals surface area contributed by atoms with Crippen LogP contribution >= 0.6 is 0 Å². The number of aryl methyl sites for hydroxylation is 1. The average molecular weight is 497 g/mol. The Morgan fingerprint density at radius 1 is 1.03 bits per heavy atom. The normalized spacial score (nSPS) is 14.8. The van der Waals surface area contributed by atoms with Gasteiger partial charge < -0.3 is 15.7 Å². The van der Waals surface area contributed by atoms with Crippen LogP contribution in [0.5, 0.6) is 0 Å². The molecule has 1 aliphatic carbocycles. The molecule has 1 fully saturated rings. The number of carbonyl (C=O) groups is 2. The molecule has 1 unspecified atom stereocenters. The second kappa shape index (κ2) is 10.9. The Labute approximate surface area is 216 Å². The molecule has 1 atom stereocenters. The van der Waals surface area contributed by atoms with Crippen molar-refractivity contribution in [3.63, 3.8) is 0 Å². The third kappa shape index (κ3) is 5.66. The van der Waals surface area contributed by atoms with Crippen molar-refractivity contribution in [1.82, 2.24) is 14.7 Å². The van der Waals surface area contributed by atoms with Crippen molar-refractivity contribution < 1.29 is 14.7 Å². The summed E-state index contributed by atoms with van der Waals surface area (Å²) >= 11 is 0. The molecule has 2 aromatic heterocycles. The van der Waals surface area contributed by atoms with Gasteiger partial charge in [0.05, 0.1) is 0 Å². The number of rotatable bonds is 8. The van der Waals surface area contributed by atoms with Gasteiger partial charge >= 0.3 is 5.97 Å². The van der Waals surface area contributed by atoms with Crippen LogP contribution < -0.4 is 10.6 Å². The largest absolute Gasteiger partial charge is 0.480 e. The lowest BCUT2D eigenvalue weighted by Gasteiger charge is -2.24. The zero-order valence-corrected chi connectivity index (χ0v) is 21.0. The van der Waals surface area contributed by atoms with Gasteiger partial charge in [-0.05, 0) is 37.5 Å². The number of fused-ring (bicyclic) bond motifs is 1. The van der Waals surface area contributed by atoms with Crippen molar-refractivity contribution in [2.45, 2.75) is 57.5 Å². The molecule has 0 aliphatic heterocycles. The molecule has 1 saturated carbocycles. The van der Waals surface area contributed by atoms with Gasteiger partial charge in [-0.1, -0.05) is 79.4 Å². The molecule has 1 aliphatic rings. The van der Waals surface area contributed by atoms with E-state index in [2.05, 4.69) is 41.8 Å². The van der Waals surface area contributed by atoms with Crippen molar-refractivity contribution in [3.05, 3.63) is 89.6 Å². The first kappa shape index (κ1) is 24.6. The molecule has 4 aromatic rings. The van der Waals surface area contributed by atoms with Crippen LogP contribution in [0.4, 0.5) is 5.82 Å². The second-order valence-electron chi connectivity index (χ2n) is 9.85. The Bertz CT molecular complexity index is 1390. The minimum Gasteiger partial charge on any atom is -0.480 e. The van der Waals surface area contributed by atoms with Gasteiger partial charge in [-0.25, -0.2) is 9.78 Å². The van der Waals surface area contributed by atoms with Gasteiger partial charge in [-0.3, -0.25) is 9.20 Å². The highest BCUT2D eigenvalue weighted by Crippen LogP contribution is 2.32. The molecule has 3 N–H and O–H groups in total. The summed E-state index contributed by atoms with van der Waals surface area (Å²) in [5.41, 5.74) is 4.88. The number of carboxylic acid groups (broad SMARTS) is 1. The quantitative estimate of drug-likeness (QED) is 0.300. The summed E-state index contributed by atoms with van der Waals surface area (Å²) < 4.78 is 1.99. The number of hydrogen-bond donors (Lipinski definition) is 3. The van der Waals surface area contributed by atoms with Crippen LogP contribution in [0.1, 0.15) is 53.6 Å². The molecule has 0 radical (unpaired) electrons. The summed E-state index contributed by atoms with van der Waals surface area (Å²) in [7, 11) is 0. The third-order valence-corrected chi connectivity index (χ3v) is 7.05. The molecule has 37 heavy (non-hydrogen) atoms. The highest BCUT2D eigenvalue weighted by Gasteiger charge is 2.23. The number of nitrogens with one attached hydrogen (secondary N) is 2. The lowest BCUT2D eigenvalue weighted by atomic mass is 9.95. The number of imidazole rings is 1. The van der Waals surface area contributed by atoms with Gasteiger partial charge in [0.2, 0.25) is 0 Å². The number of carboxylic acids is 1. The summed E-state index contributed by atoms with van der Waals surface area (Å²) in [6, 6.07) is 20.4. The molecule has 0 saturated heterocycles. The highest BCUT2D eigenvalue weighted by atomic mass is 16.4. The first-order chi connectivity index (χ1) is 18.0. The van der Waals surface area contributed by atoms with Crippen LogP contribution in [0.25, 0.3) is 16.9 Å². The maximum Gasteiger partial charge on any atom is 0.326 e. The molecule has 2 aromatic carbocycles. The van der Waals surface area contributed by atoms with Crippen LogP contribution in [-0.2, 0) is 11.2 Å². The Kier molecular flexibility index (Phi) is 7.21. The number of nitrogens with zero attached hydrogens (tertiary/aromatic N) is 2. The number of pyridine rings is 1. The van der Waals surface area contributed by atoms with Gasteiger partial charge in [0.1, 0.15) is 23.2 Å². The summed E-state index contributed by atoms with van der Waals surface area (Å²) in [5.74, 6) is -0.586. The smallest absolute Gasteiger partial charge is 0.326 e. The van der Waals surface area contributed by atoms with Gasteiger partial charge in [0.15, 0.2) is 0 Å². The fourth-order valence-electron chi connectivity index (χ4n) is 4.97. The predicted molar refractivity (Wildman–Crippen MR) is 145 cm³/mol. The van der Waals surface area contributed by atoms with E-state index < -0.39 is 17.9 Å². The van der Waals surface area contributed by atoms with Gasteiger partial charge in [0.25, 0.3) is 5.91 Å². The Balaban J connectivity index is 1.45. The second-order valence-corrected chi connectivity index (χ2v) is 9.85. The first-order valence-electron chi connectivity index (χ1n) is 12.9. The minimum atomic E-state index is -1.07. The highest BCUT2D eigenvalue weighted by molar-refractivity contribution is 5.97. The monoisotopic (exact) mass is 496 g/mol. The van der Waals surface area contributed by atoms with Crippen LogP contribution in [0.3, 0.4) is 0 Å². The van der Waals surface area contributed by atoms with E-state index in [1.54, 1.807) is 12.1 Å². The summed E-state index contributed by atoms with van der Waals surface area (Å²) in [4.78, 5) is 29.9. The number of aliphatic carboxylic acids is 1. The van der Waals surface area contributed by atoms with Crippen LogP contribution in [-0.4, -0.2) is 38.5 Å². The van der Waals surface area contributed by atoms with Crippen LogP contribution in [0.2, 0.25) is 0 Å². The van der Waals surface area contributed by atoms with Crippen molar-refractivity contribution in [1.29, 1.82) is 0 Å². The lowest BCUT2D eigenvalue weighted by molar-refractivity contribution is -0.139. The number of aromatic nitrogens is 2. The van der Waals surface area contributed by atoms with E-state index >= 15 is 0 Å². The zero-order chi connectivity index (χ0) is 25.8. The molecule has 7 heteroatoms. The molecule has 1 amide bonds. The Morgan fingerprint density at radius 2 is 1.76 bits per heavy atom. The molecule has 2 heterocycles. The van der Waals surface area contributed by atoms with E-state index in [4.69, 9.17) is 4.98 Å². The zero-order valence-electron chi connectivity index (χ0n) is 21.0. The molecule has 0 spiro atoms. The van der Waals surface area contributed by atoms with Crippen molar-refractivity contribution >= 4 is 23.3 Å². The number of anilines is 1. The number of carbonyl (C=O) groups excluding carboxylic acids is 1. The third-order valence-electron chi connectivity index (χ3n) is 7.05. The fraction of sp³-hybridized carbons (Fsp3) is 0.300. The standard InChI is InChI=1S/C30H32N4O3/c1-20-12-14-22(15-13-20)27-28(31-24-10-6-3-7-11-24)34-17-16-23(19-26(34)33-27)29(35)32-25(30(36)37)18-21-8-4-2-5-9-21/h2,4-5,8-9,12-17,19,24-25,31H,3,6-7,10-11,18H2,1H3,(H,32,35)(H,36,37). The van der Waals surface area contributed by atoms with Crippen molar-refractivity contribution in [2.24, 2.45) is 0 Å². The maximum absolute atomic E-state index is 13.1. The summed E-state index contributed by atoms with van der Waals surface area (Å²) in [5, 5.41) is 16.1. The number of hydrogen-bond acceptors (Lipinski definition) is 4. The van der Waals surface area contributed by atoms with E-state index in [-0.39, 0.29) is 6.42 Å². The predicted octanol–water partition coefficient (Wildman–Crippen LogP) is 5.48. The summed E-state index contributed by atoms with van der Waals surface area (Å²) in [6.45, 7) is 2.06. The molecular weight excluding hydrogens is 464 g/mol. The minimum absolute atomic E-state index is 0.209. The molecule has 190 valence electrons. The summed E-state index contributed by atoms with van der Waals surface area (Å²) in [6.07, 6.45) is 8.00. The molecule has 5 rings (SSSR count). The number of amides is 1. The maximum atomic E-state index is 13.1. The van der Waals surface area contributed by atoms with E-state index in [1.807, 2.05) is 40.9 Å². The number of benzene rings is 2. The Hall–Kier alpha value is -4.13. The van der Waals surface area contributed by atoms with E-state index in [0.29, 0.717) is 17.3 Å². The Morgan fingerprint density at radius 3 is 2.46 bits per heavy atom. The fourth-order valence-corrected chi connectivity index (χ4v) is 4.97. The van der Waals surface area contributed by atoms with Crippen LogP contribution in [0.15, 0.2) is 72.9 Å². The van der Waals surface area contributed by atoms with Gasteiger partial charge in [-0.2, -0.15) is 0 Å².